The fourth-order valence-electron chi connectivity index (χ4n) is 4.79. The van der Waals surface area contributed by atoms with Crippen LogP contribution in [0.3, 0.4) is 0 Å². The summed E-state index contributed by atoms with van der Waals surface area (Å²) >= 11 is 0. The first-order valence-electron chi connectivity index (χ1n) is 9.55. The Morgan fingerprint density at radius 2 is 1.19 bits per heavy atom. The number of fused-ring (bicyclic) bond motifs is 6. The van der Waals surface area contributed by atoms with Crippen LogP contribution in [0, 0.1) is 6.92 Å². The first-order valence-corrected chi connectivity index (χ1v) is 9.55. The maximum Gasteiger partial charge on any atom is 0.0459 e. The molecule has 0 aliphatic heterocycles. The predicted molar refractivity (Wildman–Crippen MR) is 112 cm³/mol. The van der Waals surface area contributed by atoms with Crippen LogP contribution in [0.25, 0.3) is 21.8 Å². The maximum absolute atomic E-state index is 3.69. The summed E-state index contributed by atoms with van der Waals surface area (Å²) in [5.74, 6) is 0.247. The van der Waals surface area contributed by atoms with Gasteiger partial charge in [-0.2, -0.15) is 0 Å². The molecular formula is C25H20N2. The average Bonchev–Trinajstić information content (AvgIpc) is 3.24. The molecule has 2 nitrogen and oxygen atoms in total. The average molecular weight is 348 g/mol. The Bertz CT molecular complexity index is 1220. The highest BCUT2D eigenvalue weighted by atomic mass is 14.8. The summed E-state index contributed by atoms with van der Waals surface area (Å²) in [5, 5.41) is 2.68. The topological polar surface area (TPSA) is 31.6 Å². The fraction of sp³-hybridized carbons (Fsp3) is 0.120. The Labute approximate surface area is 157 Å². The van der Waals surface area contributed by atoms with Crippen LogP contribution in [-0.2, 0) is 6.42 Å². The number of hydrogen-bond acceptors (Lipinski definition) is 0. The van der Waals surface area contributed by atoms with Gasteiger partial charge in [0.2, 0.25) is 0 Å². The minimum absolute atomic E-state index is 0.247. The molecule has 0 atom stereocenters. The Hall–Kier alpha value is -3.26. The van der Waals surface area contributed by atoms with Crippen molar-refractivity contribution < 1.29 is 0 Å². The Morgan fingerprint density at radius 3 is 1.74 bits per heavy atom. The standard InChI is InChI=1S/C25H20N2/c1-15-10-12-16(13-11-15)23-24-17-6-2-4-8-19(17)26-21(24)14-22-25(23)18-7-3-5-9-20(18)27-22/h2-13,23,26-27H,14H2,1H3. The molecule has 0 unspecified atom stereocenters. The van der Waals surface area contributed by atoms with Gasteiger partial charge in [-0.05, 0) is 35.7 Å². The highest BCUT2D eigenvalue weighted by Gasteiger charge is 2.32. The number of aromatic amines is 2. The second-order valence-corrected chi connectivity index (χ2v) is 7.65. The molecule has 27 heavy (non-hydrogen) atoms. The van der Waals surface area contributed by atoms with Gasteiger partial charge in [0, 0.05) is 45.5 Å². The number of para-hydroxylation sites is 2. The zero-order valence-corrected chi connectivity index (χ0v) is 15.2. The molecule has 130 valence electrons. The maximum atomic E-state index is 3.69. The number of aryl methyl sites for hydroxylation is 1. The third-order valence-electron chi connectivity index (χ3n) is 6.00. The van der Waals surface area contributed by atoms with E-state index in [1.54, 1.807) is 0 Å². The van der Waals surface area contributed by atoms with E-state index < -0.39 is 0 Å². The van der Waals surface area contributed by atoms with Crippen LogP contribution in [0.15, 0.2) is 72.8 Å². The Kier molecular flexibility index (Phi) is 2.96. The molecule has 0 saturated heterocycles. The summed E-state index contributed by atoms with van der Waals surface area (Å²) in [6.07, 6.45) is 0.927. The molecule has 2 heteroatoms. The number of H-pyrrole nitrogens is 2. The molecule has 0 fully saturated rings. The smallest absolute Gasteiger partial charge is 0.0459 e. The largest absolute Gasteiger partial charge is 0.358 e. The van der Waals surface area contributed by atoms with Gasteiger partial charge in [0.1, 0.15) is 0 Å². The number of rotatable bonds is 1. The minimum Gasteiger partial charge on any atom is -0.358 e. The van der Waals surface area contributed by atoms with Gasteiger partial charge < -0.3 is 9.97 Å². The lowest BCUT2D eigenvalue weighted by Crippen LogP contribution is -2.13. The number of aromatic nitrogens is 2. The van der Waals surface area contributed by atoms with Gasteiger partial charge in [0.15, 0.2) is 0 Å². The van der Waals surface area contributed by atoms with Gasteiger partial charge in [-0.1, -0.05) is 66.2 Å². The van der Waals surface area contributed by atoms with E-state index >= 15 is 0 Å². The third kappa shape index (κ3) is 2.07. The molecular weight excluding hydrogens is 328 g/mol. The van der Waals surface area contributed by atoms with Gasteiger partial charge in [0.05, 0.1) is 0 Å². The number of hydrogen-bond donors (Lipinski definition) is 2. The highest BCUT2D eigenvalue weighted by molar-refractivity contribution is 5.92. The second kappa shape index (κ2) is 5.37. The highest BCUT2D eigenvalue weighted by Crippen LogP contribution is 2.46. The zero-order valence-electron chi connectivity index (χ0n) is 15.2. The van der Waals surface area contributed by atoms with Crippen molar-refractivity contribution in [3.05, 3.63) is 106 Å². The van der Waals surface area contributed by atoms with Gasteiger partial charge in [-0.15, -0.1) is 0 Å². The summed E-state index contributed by atoms with van der Waals surface area (Å²) in [7, 11) is 0. The van der Waals surface area contributed by atoms with Crippen LogP contribution in [0.5, 0.6) is 0 Å². The Balaban J connectivity index is 1.72. The van der Waals surface area contributed by atoms with Crippen molar-refractivity contribution in [1.29, 1.82) is 0 Å². The van der Waals surface area contributed by atoms with E-state index in [9.17, 15) is 0 Å². The third-order valence-corrected chi connectivity index (χ3v) is 6.00. The fourth-order valence-corrected chi connectivity index (χ4v) is 4.79. The van der Waals surface area contributed by atoms with Crippen molar-refractivity contribution in [2.45, 2.75) is 19.3 Å². The van der Waals surface area contributed by atoms with Gasteiger partial charge in [0.25, 0.3) is 0 Å². The predicted octanol–water partition coefficient (Wildman–Crippen LogP) is 6.04. The SMILES string of the molecule is Cc1ccc(C2c3c([nH]c4ccccc34)Cc3[nH]c4ccccc4c32)cc1. The summed E-state index contributed by atoms with van der Waals surface area (Å²) < 4.78 is 0. The van der Waals surface area contributed by atoms with Gasteiger partial charge >= 0.3 is 0 Å². The molecule has 1 aliphatic carbocycles. The van der Waals surface area contributed by atoms with Crippen LogP contribution >= 0.6 is 0 Å². The first-order chi connectivity index (χ1) is 13.3. The van der Waals surface area contributed by atoms with Crippen molar-refractivity contribution in [2.75, 3.05) is 0 Å². The van der Waals surface area contributed by atoms with E-state index in [0.717, 1.165) is 6.42 Å². The summed E-state index contributed by atoms with van der Waals surface area (Å²) in [4.78, 5) is 7.38. The van der Waals surface area contributed by atoms with Crippen molar-refractivity contribution in [3.8, 4) is 0 Å². The molecule has 2 aromatic heterocycles. The molecule has 0 bridgehead atoms. The molecule has 0 saturated carbocycles. The zero-order chi connectivity index (χ0) is 18.0. The van der Waals surface area contributed by atoms with E-state index in [1.165, 1.54) is 55.4 Å². The number of benzene rings is 3. The van der Waals surface area contributed by atoms with Crippen molar-refractivity contribution >= 4 is 21.8 Å². The van der Waals surface area contributed by atoms with Crippen molar-refractivity contribution in [3.63, 3.8) is 0 Å². The lowest BCUT2D eigenvalue weighted by atomic mass is 9.77. The first kappa shape index (κ1) is 14.9. The van der Waals surface area contributed by atoms with E-state index in [4.69, 9.17) is 0 Å². The monoisotopic (exact) mass is 348 g/mol. The molecule has 6 rings (SSSR count). The van der Waals surface area contributed by atoms with E-state index in [0.29, 0.717) is 0 Å². The van der Waals surface area contributed by atoms with Gasteiger partial charge in [-0.3, -0.25) is 0 Å². The molecule has 0 radical (unpaired) electrons. The van der Waals surface area contributed by atoms with E-state index in [2.05, 4.69) is 89.7 Å². The van der Waals surface area contributed by atoms with Crippen LogP contribution in [-0.4, -0.2) is 9.97 Å². The molecule has 2 heterocycles. The minimum atomic E-state index is 0.247. The normalized spacial score (nSPS) is 13.8. The van der Waals surface area contributed by atoms with E-state index in [-0.39, 0.29) is 5.92 Å². The molecule has 5 aromatic rings. The van der Waals surface area contributed by atoms with Crippen molar-refractivity contribution in [1.82, 2.24) is 9.97 Å². The van der Waals surface area contributed by atoms with Crippen LogP contribution < -0.4 is 0 Å². The Morgan fingerprint density at radius 1 is 0.667 bits per heavy atom. The molecule has 3 aromatic carbocycles. The lowest BCUT2D eigenvalue weighted by molar-refractivity contribution is 0.875. The molecule has 0 amide bonds. The molecule has 0 spiro atoms. The second-order valence-electron chi connectivity index (χ2n) is 7.65. The van der Waals surface area contributed by atoms with Crippen LogP contribution in [0.2, 0.25) is 0 Å². The summed E-state index contributed by atoms with van der Waals surface area (Å²) in [6.45, 7) is 2.15. The number of nitrogens with one attached hydrogen (secondary N) is 2. The lowest BCUT2D eigenvalue weighted by Gasteiger charge is -2.25. The molecule has 2 N–H and O–H groups in total. The van der Waals surface area contributed by atoms with Crippen LogP contribution in [0.1, 0.15) is 39.6 Å². The van der Waals surface area contributed by atoms with Crippen LogP contribution in [0.4, 0.5) is 0 Å². The van der Waals surface area contributed by atoms with Gasteiger partial charge in [-0.25, -0.2) is 0 Å². The van der Waals surface area contributed by atoms with E-state index in [1.807, 2.05) is 0 Å². The van der Waals surface area contributed by atoms with Crippen molar-refractivity contribution in [2.24, 2.45) is 0 Å². The quantitative estimate of drug-likeness (QED) is 0.363. The summed E-state index contributed by atoms with van der Waals surface area (Å²) in [6, 6.07) is 26.4. The summed E-state index contributed by atoms with van der Waals surface area (Å²) in [5.41, 5.74) is 10.7. The molecule has 1 aliphatic rings.